The number of amides is 3. The lowest BCUT2D eigenvalue weighted by atomic mass is 9.95. The normalized spacial score (nSPS) is 28.1. The molecule has 2 rings (SSSR count). The third-order valence-corrected chi connectivity index (χ3v) is 3.46. The van der Waals surface area contributed by atoms with Crippen molar-refractivity contribution >= 4 is 17.7 Å². The number of nitrogens with one attached hydrogen (secondary N) is 2. The summed E-state index contributed by atoms with van der Waals surface area (Å²) < 4.78 is 0. The monoisotopic (exact) mass is 239 g/mol. The van der Waals surface area contributed by atoms with Gasteiger partial charge in [0.2, 0.25) is 11.8 Å². The van der Waals surface area contributed by atoms with E-state index in [9.17, 15) is 14.4 Å². The van der Waals surface area contributed by atoms with Crippen LogP contribution in [0.2, 0.25) is 0 Å². The first kappa shape index (κ1) is 12.0. The SMILES string of the molecule is CC1(C)C(=O)NC(=O)CN1C(=O)C1CCNC1. The van der Waals surface area contributed by atoms with E-state index in [4.69, 9.17) is 0 Å². The maximum atomic E-state index is 12.3. The van der Waals surface area contributed by atoms with Gasteiger partial charge in [-0.3, -0.25) is 19.7 Å². The highest BCUT2D eigenvalue weighted by molar-refractivity contribution is 6.06. The molecule has 6 heteroatoms. The Balaban J connectivity index is 2.19. The van der Waals surface area contributed by atoms with Gasteiger partial charge in [-0.05, 0) is 26.8 Å². The first-order valence-corrected chi connectivity index (χ1v) is 5.79. The lowest BCUT2D eigenvalue weighted by Crippen LogP contribution is -2.66. The first-order chi connectivity index (χ1) is 7.93. The van der Waals surface area contributed by atoms with Crippen LogP contribution >= 0.6 is 0 Å². The molecule has 0 aromatic carbocycles. The van der Waals surface area contributed by atoms with Gasteiger partial charge in [-0.2, -0.15) is 0 Å². The molecule has 1 unspecified atom stereocenters. The summed E-state index contributed by atoms with van der Waals surface area (Å²) in [6.07, 6.45) is 0.765. The van der Waals surface area contributed by atoms with Gasteiger partial charge in [-0.25, -0.2) is 0 Å². The molecule has 17 heavy (non-hydrogen) atoms. The number of imide groups is 1. The van der Waals surface area contributed by atoms with Gasteiger partial charge in [0.25, 0.3) is 5.91 Å². The Bertz CT molecular complexity index is 372. The second-order valence-corrected chi connectivity index (χ2v) is 5.05. The Kier molecular flexibility index (Phi) is 2.91. The van der Waals surface area contributed by atoms with Crippen LogP contribution in [-0.2, 0) is 14.4 Å². The fourth-order valence-corrected chi connectivity index (χ4v) is 2.22. The van der Waals surface area contributed by atoms with Crippen LogP contribution in [0.1, 0.15) is 20.3 Å². The van der Waals surface area contributed by atoms with E-state index in [1.54, 1.807) is 13.8 Å². The van der Waals surface area contributed by atoms with Gasteiger partial charge < -0.3 is 10.2 Å². The fourth-order valence-electron chi connectivity index (χ4n) is 2.22. The van der Waals surface area contributed by atoms with Gasteiger partial charge in [-0.1, -0.05) is 0 Å². The van der Waals surface area contributed by atoms with Crippen molar-refractivity contribution in [2.45, 2.75) is 25.8 Å². The van der Waals surface area contributed by atoms with Crippen molar-refractivity contribution < 1.29 is 14.4 Å². The minimum atomic E-state index is -0.951. The van der Waals surface area contributed by atoms with Crippen molar-refractivity contribution in [1.29, 1.82) is 0 Å². The largest absolute Gasteiger partial charge is 0.319 e. The molecule has 0 aliphatic carbocycles. The molecule has 2 N–H and O–H groups in total. The van der Waals surface area contributed by atoms with Gasteiger partial charge >= 0.3 is 0 Å². The van der Waals surface area contributed by atoms with E-state index in [1.807, 2.05) is 0 Å². The number of hydrogen-bond acceptors (Lipinski definition) is 4. The molecule has 0 spiro atoms. The predicted molar refractivity (Wildman–Crippen MR) is 59.9 cm³/mol. The summed E-state index contributed by atoms with van der Waals surface area (Å²) in [7, 11) is 0. The molecule has 2 heterocycles. The molecule has 2 fully saturated rings. The average Bonchev–Trinajstić information content (AvgIpc) is 2.76. The smallest absolute Gasteiger partial charge is 0.252 e. The van der Waals surface area contributed by atoms with E-state index in [1.165, 1.54) is 4.90 Å². The third-order valence-electron chi connectivity index (χ3n) is 3.46. The second kappa shape index (κ2) is 4.10. The van der Waals surface area contributed by atoms with Crippen LogP contribution in [0.15, 0.2) is 0 Å². The van der Waals surface area contributed by atoms with E-state index in [2.05, 4.69) is 10.6 Å². The van der Waals surface area contributed by atoms with Crippen molar-refractivity contribution in [3.8, 4) is 0 Å². The second-order valence-electron chi connectivity index (χ2n) is 5.05. The predicted octanol–water partition coefficient (Wildman–Crippen LogP) is -1.14. The maximum Gasteiger partial charge on any atom is 0.252 e. The Morgan fingerprint density at radius 2 is 2.12 bits per heavy atom. The van der Waals surface area contributed by atoms with Crippen molar-refractivity contribution in [1.82, 2.24) is 15.5 Å². The fraction of sp³-hybridized carbons (Fsp3) is 0.727. The highest BCUT2D eigenvalue weighted by Gasteiger charge is 2.45. The van der Waals surface area contributed by atoms with Crippen LogP contribution in [0, 0.1) is 5.92 Å². The number of rotatable bonds is 1. The number of hydrogen-bond donors (Lipinski definition) is 2. The van der Waals surface area contributed by atoms with E-state index >= 15 is 0 Å². The molecule has 94 valence electrons. The number of piperazine rings is 1. The van der Waals surface area contributed by atoms with E-state index in [0.717, 1.165) is 13.0 Å². The van der Waals surface area contributed by atoms with Crippen molar-refractivity contribution in [3.63, 3.8) is 0 Å². The van der Waals surface area contributed by atoms with Gasteiger partial charge in [-0.15, -0.1) is 0 Å². The summed E-state index contributed by atoms with van der Waals surface area (Å²) in [4.78, 5) is 36.7. The molecule has 3 amide bonds. The van der Waals surface area contributed by atoms with Gasteiger partial charge in [0, 0.05) is 6.54 Å². The summed E-state index contributed by atoms with van der Waals surface area (Å²) in [5.41, 5.74) is -0.951. The molecule has 0 bridgehead atoms. The summed E-state index contributed by atoms with van der Waals surface area (Å²) in [5.74, 6) is -1.04. The standard InChI is InChI=1S/C11H17N3O3/c1-11(2)10(17)13-8(15)6-14(11)9(16)7-3-4-12-5-7/h7,12H,3-6H2,1-2H3,(H,13,15,17). The maximum absolute atomic E-state index is 12.3. The van der Waals surface area contributed by atoms with Crippen LogP contribution in [0.5, 0.6) is 0 Å². The zero-order chi connectivity index (χ0) is 12.6. The quantitative estimate of drug-likeness (QED) is 0.567. The van der Waals surface area contributed by atoms with E-state index < -0.39 is 17.4 Å². The topological polar surface area (TPSA) is 78.5 Å². The van der Waals surface area contributed by atoms with Crippen LogP contribution in [0.25, 0.3) is 0 Å². The highest BCUT2D eigenvalue weighted by atomic mass is 16.2. The summed E-state index contributed by atoms with van der Waals surface area (Å²) >= 11 is 0. The third kappa shape index (κ3) is 2.04. The molecule has 0 aromatic heterocycles. The number of nitrogens with zero attached hydrogens (tertiary/aromatic N) is 1. The van der Waals surface area contributed by atoms with Crippen molar-refractivity contribution in [3.05, 3.63) is 0 Å². The molecule has 0 radical (unpaired) electrons. The number of carbonyl (C=O) groups is 3. The van der Waals surface area contributed by atoms with Gasteiger partial charge in [0.1, 0.15) is 12.1 Å². The molecular formula is C11H17N3O3. The molecule has 0 aromatic rings. The molecular weight excluding hydrogens is 222 g/mol. The Morgan fingerprint density at radius 1 is 1.41 bits per heavy atom. The Labute approximate surface area is 99.7 Å². The zero-order valence-electron chi connectivity index (χ0n) is 10.1. The minimum absolute atomic E-state index is 0.0337. The van der Waals surface area contributed by atoms with Crippen LogP contribution < -0.4 is 10.6 Å². The lowest BCUT2D eigenvalue weighted by molar-refractivity contribution is -0.157. The van der Waals surface area contributed by atoms with Gasteiger partial charge in [0.15, 0.2) is 0 Å². The van der Waals surface area contributed by atoms with Crippen LogP contribution in [-0.4, -0.2) is 47.8 Å². The zero-order valence-corrected chi connectivity index (χ0v) is 10.1. The molecule has 2 saturated heterocycles. The van der Waals surface area contributed by atoms with E-state index in [0.29, 0.717) is 6.54 Å². The summed E-state index contributed by atoms with van der Waals surface area (Å²) in [6.45, 7) is 4.73. The lowest BCUT2D eigenvalue weighted by Gasteiger charge is -2.41. The molecule has 6 nitrogen and oxygen atoms in total. The van der Waals surface area contributed by atoms with Gasteiger partial charge in [0.05, 0.1) is 5.92 Å². The highest BCUT2D eigenvalue weighted by Crippen LogP contribution is 2.22. The molecule has 1 atom stereocenters. The average molecular weight is 239 g/mol. The van der Waals surface area contributed by atoms with Crippen molar-refractivity contribution in [2.75, 3.05) is 19.6 Å². The first-order valence-electron chi connectivity index (χ1n) is 5.79. The van der Waals surface area contributed by atoms with Crippen LogP contribution in [0.4, 0.5) is 0 Å². The summed E-state index contributed by atoms with van der Waals surface area (Å²) in [5, 5.41) is 5.37. The Morgan fingerprint density at radius 3 is 2.71 bits per heavy atom. The molecule has 2 aliphatic rings. The minimum Gasteiger partial charge on any atom is -0.319 e. The van der Waals surface area contributed by atoms with Crippen LogP contribution in [0.3, 0.4) is 0 Å². The molecule has 2 aliphatic heterocycles. The Hall–Kier alpha value is -1.43. The van der Waals surface area contributed by atoms with Crippen molar-refractivity contribution in [2.24, 2.45) is 5.92 Å². The van der Waals surface area contributed by atoms with E-state index in [-0.39, 0.29) is 18.4 Å². The summed E-state index contributed by atoms with van der Waals surface area (Å²) in [6, 6.07) is 0. The molecule has 0 saturated carbocycles. The number of carbonyl (C=O) groups excluding carboxylic acids is 3.